The number of anilines is 3. The monoisotopic (exact) mass is 937 g/mol. The number of rotatable bonds is 5. The van der Waals surface area contributed by atoms with E-state index in [0.717, 1.165) is 17.1 Å². The van der Waals surface area contributed by atoms with Crippen molar-refractivity contribution in [3.05, 3.63) is 305 Å². The smallest absolute Gasteiger partial charge is 0.0736 e. The number of nitrogens with zero attached hydrogens (tertiary/aromatic N) is 1. The molecule has 0 amide bonds. The Bertz CT molecular complexity index is 3680. The summed E-state index contributed by atoms with van der Waals surface area (Å²) in [5, 5.41) is 0. The van der Waals surface area contributed by atoms with Crippen molar-refractivity contribution in [2.75, 3.05) is 4.90 Å². The predicted molar refractivity (Wildman–Crippen MR) is 295 cm³/mol. The molecule has 2 spiro atoms. The fraction of sp³-hybridized carbons (Fsp3) is 0.0294. The van der Waals surface area contributed by atoms with Gasteiger partial charge in [-0.25, -0.2) is 0 Å². The lowest BCUT2D eigenvalue weighted by Gasteiger charge is -2.40. The van der Waals surface area contributed by atoms with Gasteiger partial charge in [0.25, 0.3) is 0 Å². The summed E-state index contributed by atoms with van der Waals surface area (Å²) in [5.74, 6) is 0. The van der Waals surface area contributed by atoms with Gasteiger partial charge in [0.05, 0.1) is 16.5 Å². The summed E-state index contributed by atoms with van der Waals surface area (Å²) in [6, 6.07) is 98.1. The first-order chi connectivity index (χ1) is 35.2. The highest BCUT2D eigenvalue weighted by Crippen LogP contribution is 2.65. The summed E-state index contributed by atoms with van der Waals surface area (Å²) < 4.78 is 0. The van der Waals surface area contributed by atoms with Gasteiger partial charge in [-0.15, -0.1) is 0 Å². The van der Waals surface area contributed by atoms with Gasteiger partial charge in [-0.2, -0.15) is 0 Å². The molecule has 0 saturated carbocycles. The van der Waals surface area contributed by atoms with Gasteiger partial charge in [0.1, 0.15) is 0 Å². The Morgan fingerprint density at radius 2 is 0.577 bits per heavy atom. The summed E-state index contributed by atoms with van der Waals surface area (Å²) in [6.45, 7) is 0. The van der Waals surface area contributed by atoms with Crippen LogP contribution >= 0.6 is 23.5 Å². The topological polar surface area (TPSA) is 3.24 Å². The summed E-state index contributed by atoms with van der Waals surface area (Å²) in [5.41, 5.74) is 22.8. The van der Waals surface area contributed by atoms with E-state index in [-0.39, 0.29) is 0 Å². The van der Waals surface area contributed by atoms with Crippen molar-refractivity contribution in [3.63, 3.8) is 0 Å². The lowest BCUT2D eigenvalue weighted by Crippen LogP contribution is -2.32. The average Bonchev–Trinajstić information content (AvgIpc) is 3.89. The maximum absolute atomic E-state index is 2.55. The molecule has 2 aliphatic heterocycles. The van der Waals surface area contributed by atoms with E-state index < -0.39 is 10.8 Å². The maximum Gasteiger partial charge on any atom is 0.0736 e. The first-order valence-electron chi connectivity index (χ1n) is 24.5. The molecule has 0 bridgehead atoms. The van der Waals surface area contributed by atoms with Crippen molar-refractivity contribution in [1.29, 1.82) is 0 Å². The third-order valence-electron chi connectivity index (χ3n) is 15.6. The molecule has 0 fully saturated rings. The van der Waals surface area contributed by atoms with Crippen molar-refractivity contribution >= 4 is 40.6 Å². The molecule has 0 aromatic heterocycles. The molecule has 0 atom stereocenters. The Labute approximate surface area is 423 Å². The molecule has 4 aliphatic rings. The van der Waals surface area contributed by atoms with Gasteiger partial charge in [-0.05, 0) is 138 Å². The average molecular weight is 938 g/mol. The minimum atomic E-state index is -0.518. The molecular formula is C68H43NS2. The quantitative estimate of drug-likeness (QED) is 0.169. The zero-order chi connectivity index (χ0) is 46.7. The molecule has 2 aliphatic carbocycles. The minimum Gasteiger partial charge on any atom is -0.310 e. The van der Waals surface area contributed by atoms with Crippen LogP contribution in [0, 0.1) is 0 Å². The molecule has 15 rings (SSSR count). The molecule has 11 aromatic rings. The number of hydrogen-bond donors (Lipinski definition) is 0. The SMILES string of the molecule is c1ccc(-c2ccc(-c3ccccc3N(c3ccc4c(c3)C3(c5ccccc5Sc5ccccc53)c3ccccc3-4)c3ccc4c(c3)C3(c5ccccc5Sc5ccccc53)c3ccccc3-4)cc2)cc1. The Hall–Kier alpha value is -8.08. The van der Waals surface area contributed by atoms with Gasteiger partial charge in [-0.1, -0.05) is 230 Å². The maximum atomic E-state index is 2.55. The highest BCUT2D eigenvalue weighted by Gasteiger charge is 2.52. The lowest BCUT2D eigenvalue weighted by atomic mass is 9.67. The number of para-hydroxylation sites is 1. The van der Waals surface area contributed by atoms with E-state index in [1.807, 2.05) is 23.5 Å². The van der Waals surface area contributed by atoms with Crippen molar-refractivity contribution in [3.8, 4) is 44.5 Å². The highest BCUT2D eigenvalue weighted by atomic mass is 32.2. The van der Waals surface area contributed by atoms with Crippen molar-refractivity contribution < 1.29 is 0 Å². The summed E-state index contributed by atoms with van der Waals surface area (Å²) >= 11 is 3.78. The summed E-state index contributed by atoms with van der Waals surface area (Å²) in [6.07, 6.45) is 0. The third-order valence-corrected chi connectivity index (χ3v) is 17.9. The molecule has 2 heterocycles. The van der Waals surface area contributed by atoms with Gasteiger partial charge >= 0.3 is 0 Å². The first kappa shape index (κ1) is 40.8. The van der Waals surface area contributed by atoms with Crippen LogP contribution in [-0.4, -0.2) is 0 Å². The number of benzene rings is 11. The highest BCUT2D eigenvalue weighted by molar-refractivity contribution is 7.99. The summed E-state index contributed by atoms with van der Waals surface area (Å²) in [7, 11) is 0. The second-order valence-corrected chi connectivity index (χ2v) is 21.2. The number of hydrogen-bond acceptors (Lipinski definition) is 3. The lowest BCUT2D eigenvalue weighted by molar-refractivity contribution is 0.721. The normalized spacial score (nSPS) is 14.3. The Kier molecular flexibility index (Phi) is 9.03. The molecule has 0 radical (unpaired) electrons. The van der Waals surface area contributed by atoms with E-state index in [1.54, 1.807) is 0 Å². The van der Waals surface area contributed by atoms with Gasteiger partial charge < -0.3 is 4.90 Å². The zero-order valence-corrected chi connectivity index (χ0v) is 40.2. The van der Waals surface area contributed by atoms with Crippen LogP contribution in [0.5, 0.6) is 0 Å². The van der Waals surface area contributed by atoms with Crippen LogP contribution in [0.25, 0.3) is 44.5 Å². The fourth-order valence-electron chi connectivity index (χ4n) is 12.8. The van der Waals surface area contributed by atoms with E-state index in [0.29, 0.717) is 0 Å². The van der Waals surface area contributed by atoms with Crippen LogP contribution in [-0.2, 0) is 10.8 Å². The van der Waals surface area contributed by atoms with Crippen LogP contribution in [0.15, 0.2) is 280 Å². The Morgan fingerprint density at radius 1 is 0.239 bits per heavy atom. The molecule has 1 nitrogen and oxygen atoms in total. The van der Waals surface area contributed by atoms with E-state index in [2.05, 4.69) is 266 Å². The van der Waals surface area contributed by atoms with E-state index >= 15 is 0 Å². The van der Waals surface area contributed by atoms with Crippen molar-refractivity contribution in [2.45, 2.75) is 30.4 Å². The first-order valence-corrected chi connectivity index (χ1v) is 26.1. The fourth-order valence-corrected chi connectivity index (χ4v) is 15.2. The van der Waals surface area contributed by atoms with E-state index in [4.69, 9.17) is 0 Å². The predicted octanol–water partition coefficient (Wildman–Crippen LogP) is 18.1. The van der Waals surface area contributed by atoms with Gasteiger partial charge in [0, 0.05) is 36.5 Å². The molecular weight excluding hydrogens is 895 g/mol. The van der Waals surface area contributed by atoms with Crippen molar-refractivity contribution in [2.24, 2.45) is 0 Å². The molecule has 71 heavy (non-hydrogen) atoms. The van der Waals surface area contributed by atoms with Crippen molar-refractivity contribution in [1.82, 2.24) is 0 Å². The van der Waals surface area contributed by atoms with Gasteiger partial charge in [-0.3, -0.25) is 0 Å². The molecule has 0 N–H and O–H groups in total. The largest absolute Gasteiger partial charge is 0.310 e. The zero-order valence-electron chi connectivity index (χ0n) is 38.6. The molecule has 3 heteroatoms. The van der Waals surface area contributed by atoms with Crippen LogP contribution < -0.4 is 4.90 Å². The van der Waals surface area contributed by atoms with Gasteiger partial charge in [0.15, 0.2) is 0 Å². The molecule has 0 unspecified atom stereocenters. The minimum absolute atomic E-state index is 0.518. The van der Waals surface area contributed by atoms with Gasteiger partial charge in [0.2, 0.25) is 0 Å². The second kappa shape index (κ2) is 15.7. The molecule has 11 aromatic carbocycles. The third kappa shape index (κ3) is 5.73. The number of fused-ring (bicyclic) bond motifs is 18. The molecule has 0 saturated heterocycles. The van der Waals surface area contributed by atoms with E-state index in [9.17, 15) is 0 Å². The Balaban J connectivity index is 1.01. The van der Waals surface area contributed by atoms with Crippen LogP contribution in [0.4, 0.5) is 17.1 Å². The standard InChI is InChI=1S/C68H43NS2/c1-2-18-44(19-3-1)45-34-36-46(37-35-45)49-20-6-13-29-62(49)69(47-38-40-52-50-21-4-7-23-54(50)67(60(52)42-47)56-25-9-14-30-63(56)70-64-31-15-10-26-57(64)67)48-39-41-53-51-22-5-8-24-55(51)68(61(53)43-48)58-27-11-16-32-65(58)71-66-33-17-12-28-59(66)68/h1-43H. The summed E-state index contributed by atoms with van der Waals surface area (Å²) in [4.78, 5) is 7.76. The van der Waals surface area contributed by atoms with Crippen LogP contribution in [0.2, 0.25) is 0 Å². The van der Waals surface area contributed by atoms with E-state index in [1.165, 1.54) is 109 Å². The van der Waals surface area contributed by atoms with Crippen LogP contribution in [0.3, 0.4) is 0 Å². The Morgan fingerprint density at radius 3 is 1.04 bits per heavy atom. The second-order valence-electron chi connectivity index (χ2n) is 19.0. The molecule has 332 valence electrons. The van der Waals surface area contributed by atoms with Crippen LogP contribution in [0.1, 0.15) is 44.5 Å².